The smallest absolute Gasteiger partial charge is 0.306 e. The zero-order valence-electron chi connectivity index (χ0n) is 45.4. The van der Waals surface area contributed by atoms with Crippen LogP contribution in [0.5, 0.6) is 0 Å². The predicted octanol–water partition coefficient (Wildman–Crippen LogP) is 9.95. The van der Waals surface area contributed by atoms with E-state index < -0.39 is 92.7 Å². The van der Waals surface area contributed by atoms with Gasteiger partial charge in [-0.15, -0.1) is 0 Å². The molecule has 15 heteroatoms. The Balaban J connectivity index is 1.74. The van der Waals surface area contributed by atoms with Gasteiger partial charge in [-0.2, -0.15) is 0 Å². The Morgan fingerprint density at radius 3 is 1.08 bits per heavy atom. The summed E-state index contributed by atoms with van der Waals surface area (Å²) in [6.07, 6.45) is 28.4. The van der Waals surface area contributed by atoms with Gasteiger partial charge in [-0.05, 0) is 12.8 Å². The van der Waals surface area contributed by atoms with Gasteiger partial charge < -0.3 is 64.2 Å². The maximum atomic E-state index is 13.1. The molecule has 0 aliphatic carbocycles. The summed E-state index contributed by atoms with van der Waals surface area (Å²) in [5, 5.41) is 72.3. The van der Waals surface area contributed by atoms with Crippen molar-refractivity contribution in [3.63, 3.8) is 0 Å². The molecule has 0 saturated carbocycles. The molecule has 0 radical (unpaired) electrons. The zero-order valence-corrected chi connectivity index (χ0v) is 45.4. The van der Waals surface area contributed by atoms with E-state index in [4.69, 9.17) is 28.4 Å². The van der Waals surface area contributed by atoms with E-state index in [1.165, 1.54) is 180 Å². The van der Waals surface area contributed by atoms with Gasteiger partial charge in [0.15, 0.2) is 18.7 Å². The molecule has 0 aromatic rings. The highest BCUT2D eigenvalue weighted by Crippen LogP contribution is 2.27. The lowest BCUT2D eigenvalue weighted by Gasteiger charge is -2.42. The zero-order chi connectivity index (χ0) is 52.4. The van der Waals surface area contributed by atoms with Crippen molar-refractivity contribution in [2.24, 2.45) is 0 Å². The van der Waals surface area contributed by atoms with Crippen molar-refractivity contribution in [3.8, 4) is 0 Å². The Morgan fingerprint density at radius 1 is 0.389 bits per heavy atom. The summed E-state index contributed by atoms with van der Waals surface area (Å²) in [5.74, 6) is -0.903. The van der Waals surface area contributed by atoms with Crippen LogP contribution in [-0.2, 0) is 38.0 Å². The average Bonchev–Trinajstić information content (AvgIpc) is 3.37. The Kier molecular flexibility index (Phi) is 41.3. The average molecular weight is 1030 g/mol. The maximum Gasteiger partial charge on any atom is 0.306 e. The maximum absolute atomic E-state index is 13.1. The number of hydrogen-bond acceptors (Lipinski definition) is 15. The predicted molar refractivity (Wildman–Crippen MR) is 280 cm³/mol. The second kappa shape index (κ2) is 44.6. The quantitative estimate of drug-likeness (QED) is 0.0222. The van der Waals surface area contributed by atoms with Crippen LogP contribution in [0.4, 0.5) is 0 Å². The van der Waals surface area contributed by atoms with Crippen LogP contribution in [0, 0.1) is 0 Å². The minimum absolute atomic E-state index is 0.174. The molecule has 0 bridgehead atoms. The van der Waals surface area contributed by atoms with Crippen LogP contribution in [0.15, 0.2) is 0 Å². The van der Waals surface area contributed by atoms with Crippen LogP contribution >= 0.6 is 0 Å². The van der Waals surface area contributed by atoms with Gasteiger partial charge in [0, 0.05) is 12.8 Å². The molecule has 72 heavy (non-hydrogen) atoms. The second-order valence-corrected chi connectivity index (χ2v) is 21.2. The first-order valence-corrected chi connectivity index (χ1v) is 29.6. The molecule has 15 nitrogen and oxygen atoms in total. The molecule has 2 heterocycles. The van der Waals surface area contributed by atoms with Crippen molar-refractivity contribution >= 4 is 11.9 Å². The summed E-state index contributed by atoms with van der Waals surface area (Å²) >= 11 is 0. The number of unbranched alkanes of at least 4 members (excludes halogenated alkanes) is 34. The lowest BCUT2D eigenvalue weighted by atomic mass is 9.98. The van der Waals surface area contributed by atoms with Gasteiger partial charge in [0.1, 0.15) is 55.4 Å². The number of rotatable bonds is 48. The van der Waals surface area contributed by atoms with Crippen molar-refractivity contribution in [3.05, 3.63) is 0 Å². The summed E-state index contributed by atoms with van der Waals surface area (Å²) < 4.78 is 33.7. The first-order valence-electron chi connectivity index (χ1n) is 29.6. The minimum Gasteiger partial charge on any atom is -0.462 e. The van der Waals surface area contributed by atoms with E-state index in [9.17, 15) is 45.3 Å². The molecule has 11 atom stereocenters. The van der Waals surface area contributed by atoms with Gasteiger partial charge in [-0.3, -0.25) is 9.59 Å². The van der Waals surface area contributed by atoms with Crippen LogP contribution < -0.4 is 0 Å². The van der Waals surface area contributed by atoms with Gasteiger partial charge in [-0.1, -0.05) is 232 Å². The molecule has 11 unspecified atom stereocenters. The molecule has 0 amide bonds. The summed E-state index contributed by atoms with van der Waals surface area (Å²) in [6.45, 7) is 2.66. The third-order valence-electron chi connectivity index (χ3n) is 14.6. The van der Waals surface area contributed by atoms with Crippen LogP contribution in [0.3, 0.4) is 0 Å². The molecular weight excluding hydrogens is 925 g/mol. The molecule has 2 aliphatic heterocycles. The van der Waals surface area contributed by atoms with E-state index in [1.807, 2.05) is 0 Å². The van der Waals surface area contributed by atoms with E-state index in [1.54, 1.807) is 0 Å². The van der Waals surface area contributed by atoms with E-state index in [2.05, 4.69) is 13.8 Å². The largest absolute Gasteiger partial charge is 0.462 e. The minimum atomic E-state index is -1.76. The fraction of sp³-hybridized carbons (Fsp3) is 0.965. The lowest BCUT2D eigenvalue weighted by molar-refractivity contribution is -0.332. The summed E-state index contributed by atoms with van der Waals surface area (Å²) in [7, 11) is 0. The van der Waals surface area contributed by atoms with Crippen LogP contribution in [0.25, 0.3) is 0 Å². The van der Waals surface area contributed by atoms with Crippen molar-refractivity contribution in [1.82, 2.24) is 0 Å². The molecule has 0 aromatic heterocycles. The molecule has 2 saturated heterocycles. The Labute approximate surface area is 436 Å². The lowest BCUT2D eigenvalue weighted by Crippen LogP contribution is -2.61. The number of aliphatic hydroxyl groups is 7. The van der Waals surface area contributed by atoms with Gasteiger partial charge in [0.05, 0.1) is 19.8 Å². The van der Waals surface area contributed by atoms with Crippen molar-refractivity contribution < 1.29 is 73.8 Å². The highest BCUT2D eigenvalue weighted by molar-refractivity contribution is 5.70. The molecule has 0 spiro atoms. The SMILES string of the molecule is CCCCCCCCCCCCCCCCCCCCCCC(=O)OC(COC(=O)CCCCCCCCCCCCCCCCCC)COC1OC(COC2OC(CO)C(O)C(O)C2O)C(O)C(O)C1O. The molecule has 0 aromatic carbocycles. The molecule has 2 fully saturated rings. The third kappa shape index (κ3) is 31.5. The standard InChI is InChI=1S/C57H108O15/c1-3-5-7-9-11-13-15-17-19-21-22-23-24-26-28-30-32-34-36-38-40-49(60)70-45(42-67-48(59)39-37-35-33-31-29-27-25-20-18-16-14-12-10-8-6-4-2)43-68-56-55(66)53(64)51(62)47(72-56)44-69-57-54(65)52(63)50(61)46(41-58)71-57/h45-47,50-58,61-66H,3-44H2,1-2H3. The van der Waals surface area contributed by atoms with Crippen LogP contribution in [-0.4, -0.2) is 142 Å². The van der Waals surface area contributed by atoms with Gasteiger partial charge in [0.2, 0.25) is 0 Å². The topological polar surface area (TPSA) is 231 Å². The number of hydrogen-bond donors (Lipinski definition) is 7. The van der Waals surface area contributed by atoms with E-state index >= 15 is 0 Å². The first-order chi connectivity index (χ1) is 35.0. The van der Waals surface area contributed by atoms with Gasteiger partial charge >= 0.3 is 11.9 Å². The molecular formula is C57H108O15. The summed E-state index contributed by atoms with van der Waals surface area (Å²) in [4.78, 5) is 25.9. The normalized spacial score (nSPS) is 24.9. The monoisotopic (exact) mass is 1030 g/mol. The summed E-state index contributed by atoms with van der Waals surface area (Å²) in [5.41, 5.74) is 0. The Bertz CT molecular complexity index is 1260. The number of esters is 2. The van der Waals surface area contributed by atoms with Crippen molar-refractivity contribution in [2.75, 3.05) is 26.4 Å². The second-order valence-electron chi connectivity index (χ2n) is 21.2. The van der Waals surface area contributed by atoms with E-state index in [0.29, 0.717) is 12.8 Å². The van der Waals surface area contributed by atoms with E-state index in [-0.39, 0.29) is 26.1 Å². The molecule has 2 aliphatic rings. The number of aliphatic hydroxyl groups excluding tert-OH is 7. The Morgan fingerprint density at radius 2 is 0.708 bits per heavy atom. The van der Waals surface area contributed by atoms with Crippen molar-refractivity contribution in [1.29, 1.82) is 0 Å². The van der Waals surface area contributed by atoms with Crippen LogP contribution in [0.1, 0.15) is 258 Å². The van der Waals surface area contributed by atoms with Gasteiger partial charge in [-0.25, -0.2) is 0 Å². The Hall–Kier alpha value is -1.50. The van der Waals surface area contributed by atoms with E-state index in [0.717, 1.165) is 38.5 Å². The molecule has 7 N–H and O–H groups in total. The highest BCUT2D eigenvalue weighted by atomic mass is 16.7. The fourth-order valence-corrected chi connectivity index (χ4v) is 9.75. The van der Waals surface area contributed by atoms with Crippen LogP contribution in [0.2, 0.25) is 0 Å². The number of carbonyl (C=O) groups is 2. The number of ether oxygens (including phenoxy) is 6. The molecule has 2 rings (SSSR count). The molecule has 426 valence electrons. The third-order valence-corrected chi connectivity index (χ3v) is 14.6. The fourth-order valence-electron chi connectivity index (χ4n) is 9.75. The first kappa shape index (κ1) is 66.6. The van der Waals surface area contributed by atoms with Crippen molar-refractivity contribution in [2.45, 2.75) is 325 Å². The van der Waals surface area contributed by atoms with Gasteiger partial charge in [0.25, 0.3) is 0 Å². The highest BCUT2D eigenvalue weighted by Gasteiger charge is 2.47. The summed E-state index contributed by atoms with van der Waals surface area (Å²) in [6, 6.07) is 0. The number of carbonyl (C=O) groups excluding carboxylic acids is 2.